The third kappa shape index (κ3) is 4.07. The Kier molecular flexibility index (Phi) is 5.98. The van der Waals surface area contributed by atoms with Crippen LogP contribution >= 0.6 is 12.6 Å². The van der Waals surface area contributed by atoms with Gasteiger partial charge in [-0.3, -0.25) is 24.7 Å². The van der Waals surface area contributed by atoms with Crippen molar-refractivity contribution in [1.29, 1.82) is 0 Å². The number of aromatic nitrogens is 1. The molecule has 6 nitrogen and oxygen atoms in total. The molecule has 3 aliphatic heterocycles. The molecule has 36 heavy (non-hydrogen) atoms. The molecule has 1 aromatic heterocycles. The van der Waals surface area contributed by atoms with Gasteiger partial charge in [0.05, 0.1) is 16.9 Å². The largest absolute Gasteiger partial charge is 0.350 e. The van der Waals surface area contributed by atoms with E-state index in [4.69, 9.17) is 12.6 Å². The van der Waals surface area contributed by atoms with E-state index < -0.39 is 0 Å². The van der Waals surface area contributed by atoms with Crippen LogP contribution in [0.15, 0.2) is 48.7 Å². The summed E-state index contributed by atoms with van der Waals surface area (Å²) in [5, 5.41) is 3.41. The van der Waals surface area contributed by atoms with Crippen molar-refractivity contribution in [3.8, 4) is 0 Å². The van der Waals surface area contributed by atoms with Crippen molar-refractivity contribution in [2.24, 2.45) is 7.05 Å². The first kappa shape index (κ1) is 23.5. The molecule has 2 atom stereocenters. The van der Waals surface area contributed by atoms with Crippen molar-refractivity contribution in [2.75, 3.05) is 13.1 Å². The standard InChI is InChI=1S/C28H29FN4O2S/c1-31-15-22(20-6-5-19(29)13-25(20)31)17-9-11-32(12-10-17)14-18-3-2-4-21-23(18)16-33(28(21)36)24-7-8-26(34)30-27(24)35/h2-6,9,13,15,24,28,36H,7-8,10-12,14,16H2,1H3,(H,30,34,35). The van der Waals surface area contributed by atoms with Crippen LogP contribution in [0.2, 0.25) is 0 Å². The van der Waals surface area contributed by atoms with E-state index in [1.807, 2.05) is 17.7 Å². The van der Waals surface area contributed by atoms with E-state index in [2.05, 4.69) is 45.6 Å². The highest BCUT2D eigenvalue weighted by molar-refractivity contribution is 7.80. The van der Waals surface area contributed by atoms with Crippen LogP contribution in [0.4, 0.5) is 4.39 Å². The van der Waals surface area contributed by atoms with Crippen LogP contribution in [-0.4, -0.2) is 45.3 Å². The fourth-order valence-corrected chi connectivity index (χ4v) is 6.40. The molecule has 3 aromatic rings. The molecule has 6 rings (SSSR count). The van der Waals surface area contributed by atoms with Gasteiger partial charge in [0.15, 0.2) is 0 Å². The minimum Gasteiger partial charge on any atom is -0.350 e. The van der Waals surface area contributed by atoms with Gasteiger partial charge >= 0.3 is 0 Å². The fraction of sp³-hybridized carbons (Fsp3) is 0.357. The Bertz CT molecular complexity index is 1410. The van der Waals surface area contributed by atoms with E-state index in [9.17, 15) is 14.0 Å². The number of carbonyl (C=O) groups is 2. The number of piperidine rings is 1. The Morgan fingerprint density at radius 3 is 2.81 bits per heavy atom. The van der Waals surface area contributed by atoms with Crippen molar-refractivity contribution >= 4 is 40.9 Å². The highest BCUT2D eigenvalue weighted by atomic mass is 32.1. The first-order chi connectivity index (χ1) is 17.4. The zero-order valence-corrected chi connectivity index (χ0v) is 21.1. The second kappa shape index (κ2) is 9.18. The molecular formula is C28H29FN4O2S. The third-order valence-corrected chi connectivity index (χ3v) is 8.41. The number of benzene rings is 2. The minimum absolute atomic E-state index is 0.159. The molecular weight excluding hydrogens is 475 g/mol. The average Bonchev–Trinajstić information content (AvgIpc) is 3.37. The van der Waals surface area contributed by atoms with Crippen molar-refractivity contribution in [3.05, 3.63) is 76.7 Å². The van der Waals surface area contributed by atoms with Crippen LogP contribution in [0.1, 0.15) is 46.9 Å². The molecule has 0 spiro atoms. The second-order valence-electron chi connectivity index (χ2n) is 10.0. The SMILES string of the molecule is Cn1cc(C2=CCN(Cc3cccc4c3CN(C3CCC(=O)NC3=O)C4S)CC2)c2ccc(F)cc21. The average molecular weight is 505 g/mol. The van der Waals surface area contributed by atoms with Gasteiger partial charge < -0.3 is 4.57 Å². The maximum absolute atomic E-state index is 13.7. The summed E-state index contributed by atoms with van der Waals surface area (Å²) in [6, 6.07) is 11.0. The molecule has 0 bridgehead atoms. The fourth-order valence-electron chi connectivity index (χ4n) is 5.92. The van der Waals surface area contributed by atoms with Crippen LogP contribution in [-0.2, 0) is 29.7 Å². The predicted molar refractivity (Wildman–Crippen MR) is 141 cm³/mol. The van der Waals surface area contributed by atoms with Crippen LogP contribution in [0.25, 0.3) is 16.5 Å². The molecule has 8 heteroatoms. The number of halogens is 1. The van der Waals surface area contributed by atoms with Gasteiger partial charge in [0, 0.05) is 56.8 Å². The van der Waals surface area contributed by atoms with Crippen molar-refractivity contribution in [1.82, 2.24) is 19.7 Å². The van der Waals surface area contributed by atoms with E-state index in [1.165, 1.54) is 28.3 Å². The van der Waals surface area contributed by atoms with Crippen molar-refractivity contribution < 1.29 is 14.0 Å². The molecule has 4 heterocycles. The summed E-state index contributed by atoms with van der Waals surface area (Å²) in [6.07, 6.45) is 6.23. The zero-order valence-electron chi connectivity index (χ0n) is 20.2. The quantitative estimate of drug-likeness (QED) is 0.414. The lowest BCUT2D eigenvalue weighted by atomic mass is 9.97. The first-order valence-corrected chi connectivity index (χ1v) is 12.9. The lowest BCUT2D eigenvalue weighted by Gasteiger charge is -2.32. The van der Waals surface area contributed by atoms with E-state index in [-0.39, 0.29) is 29.0 Å². The van der Waals surface area contributed by atoms with Gasteiger partial charge in [-0.15, -0.1) is 0 Å². The number of hydrogen-bond acceptors (Lipinski definition) is 5. The number of rotatable bonds is 4. The number of nitrogens with one attached hydrogen (secondary N) is 1. The number of hydrogen-bond donors (Lipinski definition) is 2. The Morgan fingerprint density at radius 1 is 1.17 bits per heavy atom. The van der Waals surface area contributed by atoms with Gasteiger partial charge in [0.1, 0.15) is 5.82 Å². The molecule has 1 saturated heterocycles. The lowest BCUT2D eigenvalue weighted by Crippen LogP contribution is -2.51. The minimum atomic E-state index is -0.333. The Morgan fingerprint density at radius 2 is 2.03 bits per heavy atom. The molecule has 3 aliphatic rings. The highest BCUT2D eigenvalue weighted by Crippen LogP contribution is 2.41. The van der Waals surface area contributed by atoms with Crippen LogP contribution in [0, 0.1) is 5.82 Å². The number of thiol groups is 1. The Hall–Kier alpha value is -2.94. The normalized spacial score (nSPS) is 23.1. The molecule has 0 saturated carbocycles. The topological polar surface area (TPSA) is 57.6 Å². The van der Waals surface area contributed by atoms with Crippen LogP contribution in [0.3, 0.4) is 0 Å². The maximum atomic E-state index is 13.7. The summed E-state index contributed by atoms with van der Waals surface area (Å²) in [6.45, 7) is 3.27. The number of amides is 2. The monoisotopic (exact) mass is 504 g/mol. The van der Waals surface area contributed by atoms with E-state index in [1.54, 1.807) is 6.07 Å². The summed E-state index contributed by atoms with van der Waals surface area (Å²) in [5.74, 6) is -0.629. The van der Waals surface area contributed by atoms with Crippen LogP contribution < -0.4 is 5.32 Å². The molecule has 2 aromatic carbocycles. The summed E-state index contributed by atoms with van der Waals surface area (Å²) >= 11 is 4.86. The molecule has 0 aliphatic carbocycles. The second-order valence-corrected chi connectivity index (χ2v) is 10.5. The first-order valence-electron chi connectivity index (χ1n) is 12.4. The van der Waals surface area contributed by atoms with Crippen LogP contribution in [0.5, 0.6) is 0 Å². The van der Waals surface area contributed by atoms with E-state index in [0.717, 1.165) is 42.5 Å². The number of fused-ring (bicyclic) bond motifs is 2. The van der Waals surface area contributed by atoms with Gasteiger partial charge in [-0.05, 0) is 53.3 Å². The molecule has 2 unspecified atom stereocenters. The maximum Gasteiger partial charge on any atom is 0.243 e. The summed E-state index contributed by atoms with van der Waals surface area (Å²) in [7, 11) is 1.96. The van der Waals surface area contributed by atoms with Gasteiger partial charge in [-0.25, -0.2) is 4.39 Å². The molecule has 1 fully saturated rings. The summed E-state index contributed by atoms with van der Waals surface area (Å²) < 4.78 is 15.7. The molecule has 186 valence electrons. The van der Waals surface area contributed by atoms with E-state index >= 15 is 0 Å². The van der Waals surface area contributed by atoms with E-state index in [0.29, 0.717) is 19.4 Å². The van der Waals surface area contributed by atoms with Crippen molar-refractivity contribution in [3.63, 3.8) is 0 Å². The number of carbonyl (C=O) groups excluding carboxylic acids is 2. The van der Waals surface area contributed by atoms with Gasteiger partial charge in [-0.2, -0.15) is 12.6 Å². The van der Waals surface area contributed by atoms with Gasteiger partial charge in [0.2, 0.25) is 11.8 Å². The molecule has 0 radical (unpaired) electrons. The highest BCUT2D eigenvalue weighted by Gasteiger charge is 2.39. The Balaban J connectivity index is 1.19. The summed E-state index contributed by atoms with van der Waals surface area (Å²) in [5.41, 5.74) is 7.06. The summed E-state index contributed by atoms with van der Waals surface area (Å²) in [4.78, 5) is 28.6. The Labute approximate surface area is 215 Å². The smallest absolute Gasteiger partial charge is 0.243 e. The number of imide groups is 1. The van der Waals surface area contributed by atoms with Gasteiger partial charge in [-0.1, -0.05) is 24.3 Å². The van der Waals surface area contributed by atoms with Crippen molar-refractivity contribution in [2.45, 2.75) is 43.8 Å². The predicted octanol–water partition coefficient (Wildman–Crippen LogP) is 4.16. The zero-order chi connectivity index (χ0) is 25.0. The molecule has 1 N–H and O–H groups in total. The van der Waals surface area contributed by atoms with Gasteiger partial charge in [0.25, 0.3) is 0 Å². The third-order valence-electron chi connectivity index (χ3n) is 7.84. The number of nitrogens with zero attached hydrogens (tertiary/aromatic N) is 3. The molecule has 2 amide bonds. The lowest BCUT2D eigenvalue weighted by molar-refractivity contribution is -0.137. The number of aryl methyl sites for hydroxylation is 1.